The number of hydrogen-bond acceptors (Lipinski definition) is 4. The zero-order valence-electron chi connectivity index (χ0n) is 16.7. The number of benzene rings is 1. The van der Waals surface area contributed by atoms with Crippen molar-refractivity contribution in [3.8, 4) is 11.5 Å². The third-order valence-electron chi connectivity index (χ3n) is 5.44. The first kappa shape index (κ1) is 20.7. The molecule has 0 amide bonds. The number of ether oxygens (including phenoxy) is 2. The van der Waals surface area contributed by atoms with Crippen LogP contribution in [0.2, 0.25) is 0 Å². The number of halogens is 1. The predicted molar refractivity (Wildman–Crippen MR) is 115 cm³/mol. The Labute approximate surface area is 171 Å². The zero-order valence-corrected chi connectivity index (χ0v) is 17.5. The van der Waals surface area contributed by atoms with Crippen LogP contribution < -0.4 is 20.3 Å². The first-order valence-electron chi connectivity index (χ1n) is 9.88. The van der Waals surface area contributed by atoms with Crippen molar-refractivity contribution >= 4 is 22.5 Å². The molecule has 6 heteroatoms. The van der Waals surface area contributed by atoms with E-state index in [4.69, 9.17) is 21.1 Å². The molecule has 5 nitrogen and oxygen atoms in total. The summed E-state index contributed by atoms with van der Waals surface area (Å²) in [5.74, 6) is 1.21. The number of methoxy groups -OCH3 is 2. The summed E-state index contributed by atoms with van der Waals surface area (Å²) in [7, 11) is 3.19. The molecule has 0 bridgehead atoms. The van der Waals surface area contributed by atoms with Crippen molar-refractivity contribution in [3.63, 3.8) is 0 Å². The summed E-state index contributed by atoms with van der Waals surface area (Å²) in [5, 5.41) is 4.91. The fourth-order valence-electron chi connectivity index (χ4n) is 3.96. The third-order valence-corrected chi connectivity index (χ3v) is 5.56. The van der Waals surface area contributed by atoms with E-state index in [1.165, 1.54) is 38.5 Å². The van der Waals surface area contributed by atoms with Crippen LogP contribution in [0.4, 0.5) is 0 Å². The number of pyridine rings is 1. The molecule has 0 atom stereocenters. The minimum absolute atomic E-state index is 0.0531. The van der Waals surface area contributed by atoms with Crippen molar-refractivity contribution in [1.29, 1.82) is 0 Å². The van der Waals surface area contributed by atoms with Gasteiger partial charge in [-0.25, -0.2) is 0 Å². The van der Waals surface area contributed by atoms with Crippen LogP contribution in [0.15, 0.2) is 34.6 Å². The second-order valence-electron chi connectivity index (χ2n) is 7.41. The van der Waals surface area contributed by atoms with Crippen molar-refractivity contribution in [3.05, 3.63) is 45.7 Å². The summed E-state index contributed by atoms with van der Waals surface area (Å²) in [5.41, 5.74) is 1.42. The Morgan fingerprint density at radius 2 is 1.79 bits per heavy atom. The van der Waals surface area contributed by atoms with Crippen LogP contribution in [0.5, 0.6) is 11.5 Å². The van der Waals surface area contributed by atoms with E-state index in [0.717, 1.165) is 16.5 Å². The monoisotopic (exact) mass is 404 g/mol. The van der Waals surface area contributed by atoms with Crippen LogP contribution in [-0.4, -0.2) is 24.8 Å². The quantitative estimate of drug-likeness (QED) is 0.686. The highest BCUT2D eigenvalue weighted by atomic mass is 35.5. The number of nitrogens with zero attached hydrogens (tertiary/aromatic N) is 1. The first-order chi connectivity index (χ1) is 13.5. The Hall–Kier alpha value is -1.98. The predicted octanol–water partition coefficient (Wildman–Crippen LogP) is 4.58. The maximum absolute atomic E-state index is 13.2. The lowest BCUT2D eigenvalue weighted by Crippen LogP contribution is -2.32. The van der Waals surface area contributed by atoms with E-state index in [-0.39, 0.29) is 12.1 Å². The van der Waals surface area contributed by atoms with Gasteiger partial charge in [-0.2, -0.15) is 0 Å². The van der Waals surface area contributed by atoms with Crippen LogP contribution in [0.3, 0.4) is 0 Å². The lowest BCUT2D eigenvalue weighted by Gasteiger charge is -2.18. The normalized spacial score (nSPS) is 15.4. The molecule has 0 aliphatic heterocycles. The number of hydrogen-bond donors (Lipinski definition) is 1. The second kappa shape index (κ2) is 9.48. The van der Waals surface area contributed by atoms with Gasteiger partial charge in [-0.3, -0.25) is 4.79 Å². The molecule has 3 rings (SSSR count). The van der Waals surface area contributed by atoms with E-state index >= 15 is 0 Å². The van der Waals surface area contributed by atoms with Crippen molar-refractivity contribution < 1.29 is 9.47 Å². The molecule has 0 unspecified atom stereocenters. The van der Waals surface area contributed by atoms with E-state index in [0.29, 0.717) is 29.1 Å². The van der Waals surface area contributed by atoms with Gasteiger partial charge in [0.05, 0.1) is 26.3 Å². The highest BCUT2D eigenvalue weighted by molar-refractivity contribution is 6.29. The highest BCUT2D eigenvalue weighted by Crippen LogP contribution is 2.32. The Kier molecular flexibility index (Phi) is 7.03. The molecule has 0 saturated heterocycles. The molecule has 0 spiro atoms. The maximum Gasteiger partial charge on any atom is 0.255 e. The van der Waals surface area contributed by atoms with Crippen LogP contribution in [-0.2, 0) is 13.1 Å². The van der Waals surface area contributed by atoms with Crippen LogP contribution in [0, 0.1) is 0 Å². The summed E-state index contributed by atoms with van der Waals surface area (Å²) < 4.78 is 12.5. The van der Waals surface area contributed by atoms with E-state index in [1.807, 2.05) is 18.2 Å². The molecule has 152 valence electrons. The van der Waals surface area contributed by atoms with Gasteiger partial charge in [0.25, 0.3) is 5.56 Å². The second-order valence-corrected chi connectivity index (χ2v) is 7.95. The number of allylic oxidation sites excluding steroid dienone is 1. The molecule has 1 aliphatic carbocycles. The molecule has 0 radical (unpaired) electrons. The molecule has 28 heavy (non-hydrogen) atoms. The highest BCUT2D eigenvalue weighted by Gasteiger charge is 2.16. The van der Waals surface area contributed by atoms with Crippen molar-refractivity contribution in [2.45, 2.75) is 57.7 Å². The standard InChI is InChI=1S/C22H29ClN2O3/c1-15(23)14-25-19-12-21(28-3)20(27-2)11-16(19)10-17(22(25)26)13-24-18-8-6-4-5-7-9-18/h10-12,18,24H,1,4-9,13-14H2,2-3H3. The number of rotatable bonds is 7. The van der Waals surface area contributed by atoms with Gasteiger partial charge in [0.2, 0.25) is 0 Å². The Morgan fingerprint density at radius 3 is 2.39 bits per heavy atom. The summed E-state index contributed by atoms with van der Waals surface area (Å²) in [6.45, 7) is 4.57. The summed E-state index contributed by atoms with van der Waals surface area (Å²) in [6, 6.07) is 6.13. The first-order valence-corrected chi connectivity index (χ1v) is 10.3. The van der Waals surface area contributed by atoms with Crippen LogP contribution >= 0.6 is 11.6 Å². The Morgan fingerprint density at radius 1 is 1.14 bits per heavy atom. The van der Waals surface area contributed by atoms with E-state index < -0.39 is 0 Å². The fraction of sp³-hybridized carbons (Fsp3) is 0.500. The van der Waals surface area contributed by atoms with Gasteiger partial charge in [-0.15, -0.1) is 0 Å². The molecule has 1 N–H and O–H groups in total. The Balaban J connectivity index is 2.00. The lowest BCUT2D eigenvalue weighted by atomic mass is 10.1. The molecule has 1 aromatic heterocycles. The van der Waals surface area contributed by atoms with Gasteiger partial charge in [0, 0.05) is 34.6 Å². The topological polar surface area (TPSA) is 52.5 Å². The van der Waals surface area contributed by atoms with Crippen molar-refractivity contribution in [1.82, 2.24) is 9.88 Å². The van der Waals surface area contributed by atoms with Crippen molar-refractivity contribution in [2.24, 2.45) is 0 Å². The average Bonchev–Trinajstić information content (AvgIpc) is 2.96. The van der Waals surface area contributed by atoms with Gasteiger partial charge >= 0.3 is 0 Å². The fourth-order valence-corrected chi connectivity index (χ4v) is 4.08. The van der Waals surface area contributed by atoms with E-state index in [1.54, 1.807) is 18.8 Å². The molecule has 1 aliphatic rings. The Bertz CT molecular complexity index is 899. The van der Waals surface area contributed by atoms with Gasteiger partial charge in [-0.05, 0) is 25.0 Å². The number of aromatic nitrogens is 1. The average molecular weight is 405 g/mol. The summed E-state index contributed by atoms with van der Waals surface area (Å²) in [4.78, 5) is 13.2. The molecular weight excluding hydrogens is 376 g/mol. The number of nitrogens with one attached hydrogen (secondary N) is 1. The largest absolute Gasteiger partial charge is 0.493 e. The molecule has 1 fully saturated rings. The van der Waals surface area contributed by atoms with E-state index in [2.05, 4.69) is 11.9 Å². The zero-order chi connectivity index (χ0) is 20.1. The van der Waals surface area contributed by atoms with Crippen LogP contribution in [0.1, 0.15) is 44.1 Å². The maximum atomic E-state index is 13.2. The van der Waals surface area contributed by atoms with Crippen LogP contribution in [0.25, 0.3) is 10.9 Å². The molecule has 1 heterocycles. The van der Waals surface area contributed by atoms with Crippen molar-refractivity contribution in [2.75, 3.05) is 14.2 Å². The van der Waals surface area contributed by atoms with Gasteiger partial charge < -0.3 is 19.4 Å². The van der Waals surface area contributed by atoms with Gasteiger partial charge in [-0.1, -0.05) is 43.9 Å². The van der Waals surface area contributed by atoms with E-state index in [9.17, 15) is 4.79 Å². The van der Waals surface area contributed by atoms with Gasteiger partial charge in [0.15, 0.2) is 11.5 Å². The third kappa shape index (κ3) is 4.70. The molecular formula is C22H29ClN2O3. The SMILES string of the molecule is C=C(Cl)Cn1c(=O)c(CNC2CCCCCC2)cc2cc(OC)c(OC)cc21. The number of fused-ring (bicyclic) bond motifs is 1. The smallest absolute Gasteiger partial charge is 0.255 e. The molecule has 2 aromatic rings. The molecule has 1 aromatic carbocycles. The van der Waals surface area contributed by atoms with Gasteiger partial charge in [0.1, 0.15) is 0 Å². The minimum atomic E-state index is -0.0531. The molecule has 1 saturated carbocycles. The lowest BCUT2D eigenvalue weighted by molar-refractivity contribution is 0.355. The minimum Gasteiger partial charge on any atom is -0.493 e. The summed E-state index contributed by atoms with van der Waals surface area (Å²) >= 11 is 6.06. The summed E-state index contributed by atoms with van der Waals surface area (Å²) in [6.07, 6.45) is 7.46.